The second-order valence-electron chi connectivity index (χ2n) is 6.63. The Morgan fingerprint density at radius 3 is 2.62 bits per heavy atom. The lowest BCUT2D eigenvalue weighted by molar-refractivity contribution is -0.384. The second-order valence-corrected chi connectivity index (χ2v) is 8.40. The Balaban J connectivity index is 1.54. The molecule has 0 radical (unpaired) electrons. The molecule has 0 N–H and O–H groups in total. The van der Waals surface area contributed by atoms with Gasteiger partial charge >= 0.3 is 0 Å². The van der Waals surface area contributed by atoms with E-state index in [0.717, 1.165) is 39.1 Å². The maximum absolute atomic E-state index is 10.8. The number of nitro benzene ring substituents is 1. The number of morpholine rings is 1. The molecule has 0 saturated carbocycles. The van der Waals surface area contributed by atoms with Crippen LogP contribution in [0.5, 0.6) is 11.5 Å². The Bertz CT molecular complexity index is 943. The van der Waals surface area contributed by atoms with Crippen LogP contribution in [0.15, 0.2) is 57.2 Å². The van der Waals surface area contributed by atoms with Gasteiger partial charge in [0.25, 0.3) is 5.69 Å². The Kier molecular flexibility index (Phi) is 6.19. The van der Waals surface area contributed by atoms with Crippen LogP contribution in [-0.4, -0.2) is 42.7 Å². The van der Waals surface area contributed by atoms with E-state index < -0.39 is 4.92 Å². The van der Waals surface area contributed by atoms with E-state index in [9.17, 15) is 10.1 Å². The third kappa shape index (κ3) is 4.48. The van der Waals surface area contributed by atoms with Crippen LogP contribution in [-0.2, 0) is 4.74 Å². The van der Waals surface area contributed by atoms with Crippen molar-refractivity contribution < 1.29 is 19.1 Å². The van der Waals surface area contributed by atoms with E-state index in [1.807, 2.05) is 12.1 Å². The Hall–Kier alpha value is -1.94. The highest BCUT2D eigenvalue weighted by molar-refractivity contribution is 9.11. The zero-order chi connectivity index (χ0) is 20.4. The van der Waals surface area contributed by atoms with Gasteiger partial charge in [0.05, 0.1) is 28.7 Å². The lowest BCUT2D eigenvalue weighted by atomic mass is 10.0. The van der Waals surface area contributed by atoms with E-state index >= 15 is 0 Å². The average Bonchev–Trinajstić information content (AvgIpc) is 3.07. The van der Waals surface area contributed by atoms with Crippen molar-refractivity contribution in [2.75, 3.05) is 32.9 Å². The molecular weight excluding hydrogens is 508 g/mol. The highest BCUT2D eigenvalue weighted by Crippen LogP contribution is 2.48. The van der Waals surface area contributed by atoms with Gasteiger partial charge in [-0.2, -0.15) is 0 Å². The van der Waals surface area contributed by atoms with Gasteiger partial charge in [-0.05, 0) is 46.3 Å². The van der Waals surface area contributed by atoms with Crippen LogP contribution in [0.2, 0.25) is 0 Å². The first-order valence-corrected chi connectivity index (χ1v) is 10.7. The zero-order valence-corrected chi connectivity index (χ0v) is 18.5. The predicted molar refractivity (Wildman–Crippen MR) is 114 cm³/mol. The largest absolute Gasteiger partial charge is 0.489 e. The minimum atomic E-state index is -0.432. The number of nitro groups is 1. The van der Waals surface area contributed by atoms with Gasteiger partial charge in [0.1, 0.15) is 23.9 Å². The fourth-order valence-electron chi connectivity index (χ4n) is 3.47. The molecular formula is C20H18Br2N2O5. The van der Waals surface area contributed by atoms with Crippen LogP contribution in [0.4, 0.5) is 5.69 Å². The molecule has 1 fully saturated rings. The first-order chi connectivity index (χ1) is 14.0. The Morgan fingerprint density at radius 2 is 1.93 bits per heavy atom. The van der Waals surface area contributed by atoms with E-state index in [4.69, 9.17) is 14.2 Å². The van der Waals surface area contributed by atoms with Gasteiger partial charge in [0, 0.05) is 35.3 Å². The summed E-state index contributed by atoms with van der Waals surface area (Å²) in [5.41, 5.74) is 1.13. The highest BCUT2D eigenvalue weighted by Gasteiger charge is 2.36. The van der Waals surface area contributed by atoms with Gasteiger partial charge < -0.3 is 14.2 Å². The molecule has 2 aliphatic rings. The van der Waals surface area contributed by atoms with E-state index in [0.29, 0.717) is 25.6 Å². The van der Waals surface area contributed by atoms with Crippen molar-refractivity contribution in [3.63, 3.8) is 0 Å². The number of fused-ring (bicyclic) bond motifs is 1. The Labute approximate surface area is 184 Å². The number of hydrogen-bond acceptors (Lipinski definition) is 6. The minimum Gasteiger partial charge on any atom is -0.489 e. The molecule has 4 rings (SSSR count). The van der Waals surface area contributed by atoms with Crippen LogP contribution in [0, 0.1) is 10.1 Å². The van der Waals surface area contributed by atoms with Crippen molar-refractivity contribution in [1.29, 1.82) is 0 Å². The molecule has 2 aromatic carbocycles. The third-order valence-corrected chi connectivity index (χ3v) is 5.86. The molecule has 1 saturated heterocycles. The van der Waals surface area contributed by atoms with Crippen LogP contribution in [0.3, 0.4) is 0 Å². The van der Waals surface area contributed by atoms with Crippen LogP contribution in [0.1, 0.15) is 11.6 Å². The Morgan fingerprint density at radius 1 is 1.21 bits per heavy atom. The molecule has 0 bridgehead atoms. The summed E-state index contributed by atoms with van der Waals surface area (Å²) in [6, 6.07) is 10.1. The fraction of sp³-hybridized carbons (Fsp3) is 0.300. The van der Waals surface area contributed by atoms with Gasteiger partial charge in [-0.25, -0.2) is 0 Å². The minimum absolute atomic E-state index is 0.0110. The average molecular weight is 526 g/mol. The van der Waals surface area contributed by atoms with Gasteiger partial charge in [0.15, 0.2) is 0 Å². The first kappa shape index (κ1) is 20.3. The molecule has 29 heavy (non-hydrogen) atoms. The SMILES string of the molecule is O=[N+]([O-])c1ccc(OC/C=C2\Oc3c(Br)cc(Br)cc3[C@H]2N2CCOCC2)cc1. The smallest absolute Gasteiger partial charge is 0.269 e. The summed E-state index contributed by atoms with van der Waals surface area (Å²) in [5, 5.41) is 10.8. The summed E-state index contributed by atoms with van der Waals surface area (Å²) in [4.78, 5) is 12.7. The number of halogens is 2. The summed E-state index contributed by atoms with van der Waals surface area (Å²) in [7, 11) is 0. The second kappa shape index (κ2) is 8.83. The molecule has 2 aromatic rings. The third-order valence-electron chi connectivity index (χ3n) is 4.81. The van der Waals surface area contributed by atoms with E-state index in [-0.39, 0.29) is 11.7 Å². The van der Waals surface area contributed by atoms with E-state index in [2.05, 4.69) is 42.8 Å². The molecule has 0 aromatic heterocycles. The molecule has 7 nitrogen and oxygen atoms in total. The maximum atomic E-state index is 10.8. The predicted octanol–water partition coefficient (Wildman–Crippen LogP) is 4.85. The molecule has 2 heterocycles. The number of benzene rings is 2. The highest BCUT2D eigenvalue weighted by atomic mass is 79.9. The number of non-ortho nitro benzene ring substituents is 1. The van der Waals surface area contributed by atoms with Crippen LogP contribution >= 0.6 is 31.9 Å². The number of nitrogens with zero attached hydrogens (tertiary/aromatic N) is 2. The van der Waals surface area contributed by atoms with Crippen molar-refractivity contribution in [3.05, 3.63) is 72.9 Å². The summed E-state index contributed by atoms with van der Waals surface area (Å²) in [6.45, 7) is 3.30. The van der Waals surface area contributed by atoms with E-state index in [1.54, 1.807) is 12.1 Å². The monoisotopic (exact) mass is 524 g/mol. The lowest BCUT2D eigenvalue weighted by Gasteiger charge is -2.32. The molecule has 152 valence electrons. The van der Waals surface area contributed by atoms with Crippen molar-refractivity contribution in [3.8, 4) is 11.5 Å². The van der Waals surface area contributed by atoms with Crippen molar-refractivity contribution >= 4 is 37.5 Å². The van der Waals surface area contributed by atoms with Gasteiger partial charge in [-0.1, -0.05) is 15.9 Å². The first-order valence-electron chi connectivity index (χ1n) is 9.09. The quantitative estimate of drug-likeness (QED) is 0.410. The van der Waals surface area contributed by atoms with E-state index in [1.165, 1.54) is 12.1 Å². The molecule has 0 spiro atoms. The van der Waals surface area contributed by atoms with Crippen LogP contribution in [0.25, 0.3) is 0 Å². The molecule has 9 heteroatoms. The molecule has 0 aliphatic carbocycles. The van der Waals surface area contributed by atoms with Gasteiger partial charge in [0.2, 0.25) is 0 Å². The normalized spacial score (nSPS) is 20.3. The standard InChI is InChI=1S/C20H18Br2N2O5/c21-13-11-16-19(23-6-9-27-10-7-23)18(29-20(16)17(22)12-13)5-8-28-15-3-1-14(2-4-15)24(25)26/h1-5,11-12,19H,6-10H2/b18-5-/t19-/m1/s1. The zero-order valence-electron chi connectivity index (χ0n) is 15.3. The summed E-state index contributed by atoms with van der Waals surface area (Å²) in [5.74, 6) is 2.18. The summed E-state index contributed by atoms with van der Waals surface area (Å²) in [6.07, 6.45) is 1.92. The van der Waals surface area contributed by atoms with Crippen molar-refractivity contribution in [2.24, 2.45) is 0 Å². The maximum Gasteiger partial charge on any atom is 0.269 e. The topological polar surface area (TPSA) is 74.1 Å². The summed E-state index contributed by atoms with van der Waals surface area (Å²) < 4.78 is 19.3. The fourth-order valence-corrected chi connectivity index (χ4v) is 4.81. The summed E-state index contributed by atoms with van der Waals surface area (Å²) >= 11 is 7.15. The molecule has 0 unspecified atom stereocenters. The van der Waals surface area contributed by atoms with Gasteiger partial charge in [-0.15, -0.1) is 0 Å². The number of hydrogen-bond donors (Lipinski definition) is 0. The molecule has 2 aliphatic heterocycles. The molecule has 1 atom stereocenters. The molecule has 0 amide bonds. The lowest BCUT2D eigenvalue weighted by Crippen LogP contribution is -2.39. The van der Waals surface area contributed by atoms with Crippen molar-refractivity contribution in [1.82, 2.24) is 4.90 Å². The van der Waals surface area contributed by atoms with Crippen molar-refractivity contribution in [2.45, 2.75) is 6.04 Å². The van der Waals surface area contributed by atoms with Crippen LogP contribution < -0.4 is 9.47 Å². The number of rotatable bonds is 5. The van der Waals surface area contributed by atoms with Gasteiger partial charge in [-0.3, -0.25) is 15.0 Å². The number of ether oxygens (including phenoxy) is 3.